The number of aliphatic hydroxyl groups excluding tert-OH is 3. The molecule has 0 aliphatic carbocycles. The van der Waals surface area contributed by atoms with E-state index >= 15 is 0 Å². The number of hydrogen-bond acceptors (Lipinski definition) is 7. The van der Waals surface area contributed by atoms with Crippen molar-refractivity contribution in [3.8, 4) is 11.5 Å². The van der Waals surface area contributed by atoms with Gasteiger partial charge in [0.2, 0.25) is 0 Å². The number of rotatable bonds is 4. The van der Waals surface area contributed by atoms with E-state index in [1.807, 2.05) is 36.4 Å². The molecule has 5 atom stereocenters. The van der Waals surface area contributed by atoms with Crippen LogP contribution in [-0.4, -0.2) is 58.5 Å². The second-order valence-electron chi connectivity index (χ2n) is 7.14. The van der Waals surface area contributed by atoms with Gasteiger partial charge in [0.25, 0.3) is 0 Å². The number of thioether (sulfide) groups is 1. The highest BCUT2D eigenvalue weighted by Gasteiger charge is 2.44. The number of benzene rings is 2. The van der Waals surface area contributed by atoms with Crippen LogP contribution >= 0.6 is 27.7 Å². The summed E-state index contributed by atoms with van der Waals surface area (Å²) in [5.74, 6) is 1.49. The standard InChI is InChI=1S/C21H23BrO6S/c1-29-21-19(25)17(23)18(24)20(28-21)12-3-4-14(22)13(10-12)8-11-2-5-15-16(9-11)27-7-6-26-15/h2-5,9-10,17-21,23-25H,6-8H2,1H3. The fourth-order valence-electron chi connectivity index (χ4n) is 3.64. The molecule has 4 rings (SSSR count). The van der Waals surface area contributed by atoms with Crippen molar-refractivity contribution in [3.63, 3.8) is 0 Å². The Hall–Kier alpha value is -1.29. The van der Waals surface area contributed by atoms with Crippen LogP contribution in [0.2, 0.25) is 0 Å². The molecule has 0 bridgehead atoms. The SMILES string of the molecule is CSC1OC(c2ccc(Br)c(Cc3ccc4c(c3)OCCO4)c2)C(O)C(O)C1O. The van der Waals surface area contributed by atoms with Gasteiger partial charge in [-0.2, -0.15) is 0 Å². The second-order valence-corrected chi connectivity index (χ2v) is 8.93. The number of halogens is 1. The molecule has 0 spiro atoms. The predicted octanol–water partition coefficient (Wildman–Crippen LogP) is 2.65. The first-order valence-corrected chi connectivity index (χ1v) is 11.5. The second kappa shape index (κ2) is 8.83. The Bertz CT molecular complexity index is 876. The van der Waals surface area contributed by atoms with Crippen LogP contribution < -0.4 is 9.47 Å². The fourth-order valence-corrected chi connectivity index (χ4v) is 4.70. The molecular formula is C21H23BrO6S. The topological polar surface area (TPSA) is 88.4 Å². The molecule has 156 valence electrons. The third-order valence-electron chi connectivity index (χ3n) is 5.20. The summed E-state index contributed by atoms with van der Waals surface area (Å²) in [7, 11) is 0. The van der Waals surface area contributed by atoms with Gasteiger partial charge in [0.05, 0.1) is 0 Å². The van der Waals surface area contributed by atoms with Gasteiger partial charge >= 0.3 is 0 Å². The molecule has 2 aromatic rings. The van der Waals surface area contributed by atoms with Crippen molar-refractivity contribution in [2.45, 2.75) is 36.3 Å². The quantitative estimate of drug-likeness (QED) is 0.617. The minimum atomic E-state index is -1.27. The molecular weight excluding hydrogens is 460 g/mol. The van der Waals surface area contributed by atoms with E-state index in [1.54, 1.807) is 6.26 Å². The highest BCUT2D eigenvalue weighted by Crippen LogP contribution is 2.37. The van der Waals surface area contributed by atoms with Crippen LogP contribution in [0.1, 0.15) is 22.8 Å². The van der Waals surface area contributed by atoms with E-state index in [-0.39, 0.29) is 0 Å². The normalized spacial score (nSPS) is 28.9. The molecule has 0 saturated carbocycles. The Kier molecular flexibility index (Phi) is 6.38. The number of hydrogen-bond donors (Lipinski definition) is 3. The van der Waals surface area contributed by atoms with Gasteiger partial charge in [-0.15, -0.1) is 11.8 Å². The number of fused-ring (bicyclic) bond motifs is 1. The average molecular weight is 483 g/mol. The Balaban J connectivity index is 1.59. The van der Waals surface area contributed by atoms with Crippen molar-refractivity contribution in [1.29, 1.82) is 0 Å². The molecule has 0 aromatic heterocycles. The summed E-state index contributed by atoms with van der Waals surface area (Å²) >= 11 is 4.90. The highest BCUT2D eigenvalue weighted by molar-refractivity contribution is 9.10. The number of ether oxygens (including phenoxy) is 3. The van der Waals surface area contributed by atoms with Crippen LogP contribution in [0.3, 0.4) is 0 Å². The Labute approximate surface area is 181 Å². The number of aliphatic hydroxyl groups is 3. The van der Waals surface area contributed by atoms with Crippen LogP contribution in [-0.2, 0) is 11.2 Å². The van der Waals surface area contributed by atoms with Crippen molar-refractivity contribution < 1.29 is 29.5 Å². The van der Waals surface area contributed by atoms with E-state index in [1.165, 1.54) is 11.8 Å². The largest absolute Gasteiger partial charge is 0.486 e. The van der Waals surface area contributed by atoms with Gasteiger partial charge in [-0.25, -0.2) is 0 Å². The molecule has 0 radical (unpaired) electrons. The van der Waals surface area contributed by atoms with Gasteiger partial charge in [0.1, 0.15) is 43.1 Å². The summed E-state index contributed by atoms with van der Waals surface area (Å²) in [5.41, 5.74) is 2.22. The zero-order valence-corrected chi connectivity index (χ0v) is 18.2. The maximum atomic E-state index is 10.5. The van der Waals surface area contributed by atoms with Crippen LogP contribution in [0.15, 0.2) is 40.9 Å². The van der Waals surface area contributed by atoms with E-state index in [2.05, 4.69) is 15.9 Å². The summed E-state index contributed by atoms with van der Waals surface area (Å²) in [6, 6.07) is 11.6. The molecule has 2 aliphatic heterocycles. The van der Waals surface area contributed by atoms with Crippen LogP contribution in [0, 0.1) is 0 Å². The molecule has 2 aliphatic rings. The summed E-state index contributed by atoms with van der Waals surface area (Å²) < 4.78 is 18.1. The summed E-state index contributed by atoms with van der Waals surface area (Å²) in [6.07, 6.45) is -1.90. The summed E-state index contributed by atoms with van der Waals surface area (Å²) in [6.45, 7) is 1.10. The Morgan fingerprint density at radius 3 is 2.48 bits per heavy atom. The maximum absolute atomic E-state index is 10.5. The van der Waals surface area contributed by atoms with Gasteiger partial charge in [0, 0.05) is 4.47 Å². The molecule has 2 heterocycles. The zero-order chi connectivity index (χ0) is 20.5. The third-order valence-corrected chi connectivity index (χ3v) is 6.83. The lowest BCUT2D eigenvalue weighted by Gasteiger charge is -2.40. The molecule has 2 aromatic carbocycles. The maximum Gasteiger partial charge on any atom is 0.161 e. The minimum Gasteiger partial charge on any atom is -0.486 e. The Morgan fingerprint density at radius 1 is 0.966 bits per heavy atom. The lowest BCUT2D eigenvalue weighted by Crippen LogP contribution is -2.52. The van der Waals surface area contributed by atoms with Gasteiger partial charge in [0.15, 0.2) is 11.5 Å². The van der Waals surface area contributed by atoms with Crippen molar-refractivity contribution >= 4 is 27.7 Å². The molecule has 5 unspecified atom stereocenters. The van der Waals surface area contributed by atoms with E-state index in [0.717, 1.165) is 32.7 Å². The lowest BCUT2D eigenvalue weighted by molar-refractivity contribution is -0.200. The van der Waals surface area contributed by atoms with Crippen LogP contribution in [0.4, 0.5) is 0 Å². The fraction of sp³-hybridized carbons (Fsp3) is 0.429. The zero-order valence-electron chi connectivity index (χ0n) is 15.8. The highest BCUT2D eigenvalue weighted by atomic mass is 79.9. The molecule has 1 fully saturated rings. The van der Waals surface area contributed by atoms with Crippen molar-refractivity contribution in [2.75, 3.05) is 19.5 Å². The Morgan fingerprint density at radius 2 is 1.72 bits per heavy atom. The first kappa shape index (κ1) is 21.0. The predicted molar refractivity (Wildman–Crippen MR) is 114 cm³/mol. The first-order chi connectivity index (χ1) is 14.0. The van der Waals surface area contributed by atoms with E-state index in [0.29, 0.717) is 19.6 Å². The van der Waals surface area contributed by atoms with E-state index < -0.39 is 29.9 Å². The summed E-state index contributed by atoms with van der Waals surface area (Å²) in [5, 5.41) is 30.8. The first-order valence-electron chi connectivity index (χ1n) is 9.37. The van der Waals surface area contributed by atoms with Gasteiger partial charge in [-0.1, -0.05) is 34.1 Å². The van der Waals surface area contributed by atoms with Crippen molar-refractivity contribution in [2.24, 2.45) is 0 Å². The van der Waals surface area contributed by atoms with E-state index in [4.69, 9.17) is 14.2 Å². The average Bonchev–Trinajstić information content (AvgIpc) is 2.74. The molecule has 1 saturated heterocycles. The monoisotopic (exact) mass is 482 g/mol. The molecule has 0 amide bonds. The molecule has 3 N–H and O–H groups in total. The lowest BCUT2D eigenvalue weighted by atomic mass is 9.92. The van der Waals surface area contributed by atoms with Crippen molar-refractivity contribution in [1.82, 2.24) is 0 Å². The summed E-state index contributed by atoms with van der Waals surface area (Å²) in [4.78, 5) is 0. The van der Waals surface area contributed by atoms with Crippen molar-refractivity contribution in [3.05, 3.63) is 57.6 Å². The minimum absolute atomic E-state index is 0.539. The van der Waals surface area contributed by atoms with Gasteiger partial charge in [-0.3, -0.25) is 0 Å². The van der Waals surface area contributed by atoms with Gasteiger partial charge in [-0.05, 0) is 47.6 Å². The van der Waals surface area contributed by atoms with Crippen LogP contribution in [0.5, 0.6) is 11.5 Å². The molecule has 29 heavy (non-hydrogen) atoms. The van der Waals surface area contributed by atoms with Crippen LogP contribution in [0.25, 0.3) is 0 Å². The van der Waals surface area contributed by atoms with E-state index in [9.17, 15) is 15.3 Å². The molecule has 8 heteroatoms. The smallest absolute Gasteiger partial charge is 0.161 e. The van der Waals surface area contributed by atoms with Gasteiger partial charge < -0.3 is 29.5 Å². The molecule has 6 nitrogen and oxygen atoms in total. The third kappa shape index (κ3) is 4.28.